The molecule has 16 heavy (non-hydrogen) atoms. The quantitative estimate of drug-likeness (QED) is 0.666. The number of nitrogens with zero attached hydrogens (tertiary/aromatic N) is 3. The Morgan fingerprint density at radius 2 is 2.00 bits per heavy atom. The summed E-state index contributed by atoms with van der Waals surface area (Å²) >= 11 is 0. The van der Waals surface area contributed by atoms with Gasteiger partial charge in [-0.25, -0.2) is 9.97 Å². The molecule has 0 atom stereocenters. The molecule has 2 aromatic rings. The summed E-state index contributed by atoms with van der Waals surface area (Å²) in [5.74, 6) is 0. The number of aryl methyl sites for hydroxylation is 4. The van der Waals surface area contributed by atoms with Crippen molar-refractivity contribution in [3.05, 3.63) is 33.4 Å². The Hall–Kier alpha value is -1.71. The van der Waals surface area contributed by atoms with Gasteiger partial charge in [-0.2, -0.15) is 0 Å². The van der Waals surface area contributed by atoms with Crippen molar-refractivity contribution in [3.8, 4) is 0 Å². The maximum Gasteiger partial charge on any atom is 0.209 e. The Balaban J connectivity index is 2.51. The lowest BCUT2D eigenvalue weighted by Crippen LogP contribution is -2.13. The van der Waals surface area contributed by atoms with Crippen LogP contribution in [0.1, 0.15) is 23.5 Å². The lowest BCUT2D eigenvalue weighted by Gasteiger charge is -2.09. The minimum absolute atomic E-state index is 0.00116. The van der Waals surface area contributed by atoms with Crippen LogP contribution in [-0.4, -0.2) is 14.5 Å². The maximum atomic E-state index is 11.9. The third kappa shape index (κ3) is 1.19. The highest BCUT2D eigenvalue weighted by molar-refractivity contribution is 5.71. The lowest BCUT2D eigenvalue weighted by atomic mass is 10.2. The predicted molar refractivity (Wildman–Crippen MR) is 61.6 cm³/mol. The molecule has 0 aliphatic carbocycles. The lowest BCUT2D eigenvalue weighted by molar-refractivity contribution is 0.757. The molecular weight excluding hydrogens is 202 g/mol. The van der Waals surface area contributed by atoms with Crippen molar-refractivity contribution >= 4 is 11.2 Å². The van der Waals surface area contributed by atoms with E-state index < -0.39 is 0 Å². The Labute approximate surface area is 93.0 Å². The summed E-state index contributed by atoms with van der Waals surface area (Å²) in [7, 11) is 0. The van der Waals surface area contributed by atoms with Gasteiger partial charge in [0, 0.05) is 18.3 Å². The molecule has 4 nitrogen and oxygen atoms in total. The third-order valence-corrected chi connectivity index (χ3v) is 3.24. The largest absolute Gasteiger partial charge is 0.328 e. The molecule has 82 valence electrons. The summed E-state index contributed by atoms with van der Waals surface area (Å²) in [4.78, 5) is 20.8. The molecule has 1 aliphatic heterocycles. The van der Waals surface area contributed by atoms with Gasteiger partial charge in [-0.15, -0.1) is 0 Å². The number of hydrogen-bond donors (Lipinski definition) is 0. The summed E-state index contributed by atoms with van der Waals surface area (Å²) < 4.78 is 2.12. The second kappa shape index (κ2) is 3.14. The number of rotatable bonds is 0. The molecule has 4 heteroatoms. The summed E-state index contributed by atoms with van der Waals surface area (Å²) in [6.45, 7) is 4.77. The first kappa shape index (κ1) is 9.51. The first-order chi connectivity index (χ1) is 7.66. The van der Waals surface area contributed by atoms with Crippen molar-refractivity contribution in [1.82, 2.24) is 14.5 Å². The standard InChI is InChI=1S/C12H13N3O/c1-7-8(2)14-12-11(13-7)10(16)6-9-4-3-5-15(9)12/h6H,3-5H2,1-2H3. The van der Waals surface area contributed by atoms with E-state index >= 15 is 0 Å². The monoisotopic (exact) mass is 215 g/mol. The van der Waals surface area contributed by atoms with Crippen LogP contribution in [0.15, 0.2) is 10.9 Å². The van der Waals surface area contributed by atoms with E-state index in [9.17, 15) is 4.79 Å². The van der Waals surface area contributed by atoms with E-state index in [0.717, 1.165) is 42.1 Å². The average Bonchev–Trinajstić information content (AvgIpc) is 2.69. The van der Waals surface area contributed by atoms with Gasteiger partial charge in [-0.1, -0.05) is 0 Å². The van der Waals surface area contributed by atoms with Gasteiger partial charge in [0.1, 0.15) is 0 Å². The van der Waals surface area contributed by atoms with Gasteiger partial charge in [0.25, 0.3) is 0 Å². The minimum atomic E-state index is -0.00116. The van der Waals surface area contributed by atoms with E-state index in [0.29, 0.717) is 5.52 Å². The molecular formula is C12H13N3O. The van der Waals surface area contributed by atoms with Crippen LogP contribution < -0.4 is 5.43 Å². The highest BCUT2D eigenvalue weighted by Gasteiger charge is 2.16. The number of hydrogen-bond acceptors (Lipinski definition) is 3. The van der Waals surface area contributed by atoms with Crippen LogP contribution in [-0.2, 0) is 13.0 Å². The fraction of sp³-hybridized carbons (Fsp3) is 0.417. The highest BCUT2D eigenvalue weighted by atomic mass is 16.1. The molecule has 3 rings (SSSR count). The molecule has 0 saturated carbocycles. The second-order valence-electron chi connectivity index (χ2n) is 4.32. The van der Waals surface area contributed by atoms with Crippen LogP contribution in [0, 0.1) is 13.8 Å². The molecule has 0 unspecified atom stereocenters. The highest BCUT2D eigenvalue weighted by Crippen LogP contribution is 2.18. The van der Waals surface area contributed by atoms with Crippen LogP contribution in [0.4, 0.5) is 0 Å². The zero-order valence-electron chi connectivity index (χ0n) is 9.45. The van der Waals surface area contributed by atoms with E-state index in [1.807, 2.05) is 13.8 Å². The zero-order valence-corrected chi connectivity index (χ0v) is 9.45. The Morgan fingerprint density at radius 3 is 2.81 bits per heavy atom. The van der Waals surface area contributed by atoms with Crippen molar-refractivity contribution < 1.29 is 0 Å². The fourth-order valence-electron chi connectivity index (χ4n) is 2.25. The minimum Gasteiger partial charge on any atom is -0.328 e. The smallest absolute Gasteiger partial charge is 0.209 e. The molecule has 2 aromatic heterocycles. The van der Waals surface area contributed by atoms with Crippen LogP contribution in [0.3, 0.4) is 0 Å². The molecule has 0 saturated heterocycles. The van der Waals surface area contributed by atoms with Gasteiger partial charge < -0.3 is 4.57 Å². The molecule has 1 aliphatic rings. The van der Waals surface area contributed by atoms with E-state index in [-0.39, 0.29) is 5.43 Å². The van der Waals surface area contributed by atoms with Crippen molar-refractivity contribution in [2.24, 2.45) is 0 Å². The van der Waals surface area contributed by atoms with E-state index in [1.165, 1.54) is 0 Å². The summed E-state index contributed by atoms with van der Waals surface area (Å²) in [5.41, 5.74) is 4.09. The predicted octanol–water partition coefficient (Wildman–Crippen LogP) is 1.35. The molecule has 0 radical (unpaired) electrons. The summed E-state index contributed by atoms with van der Waals surface area (Å²) in [6.07, 6.45) is 2.06. The number of aromatic nitrogens is 3. The van der Waals surface area contributed by atoms with E-state index in [2.05, 4.69) is 14.5 Å². The van der Waals surface area contributed by atoms with E-state index in [4.69, 9.17) is 0 Å². The SMILES string of the molecule is Cc1nc2c(=O)cc3n(c2nc1C)CCC3. The Bertz CT molecular complexity index is 643. The molecule has 0 aromatic carbocycles. The van der Waals surface area contributed by atoms with Crippen LogP contribution in [0.5, 0.6) is 0 Å². The van der Waals surface area contributed by atoms with Gasteiger partial charge in [0.15, 0.2) is 11.2 Å². The van der Waals surface area contributed by atoms with Crippen molar-refractivity contribution in [3.63, 3.8) is 0 Å². The topological polar surface area (TPSA) is 47.8 Å². The zero-order chi connectivity index (χ0) is 11.3. The van der Waals surface area contributed by atoms with Crippen molar-refractivity contribution in [2.45, 2.75) is 33.2 Å². The molecule has 0 fully saturated rings. The third-order valence-electron chi connectivity index (χ3n) is 3.24. The molecule has 0 spiro atoms. The second-order valence-corrected chi connectivity index (χ2v) is 4.32. The van der Waals surface area contributed by atoms with Gasteiger partial charge >= 0.3 is 0 Å². The number of pyridine rings is 1. The van der Waals surface area contributed by atoms with E-state index in [1.54, 1.807) is 6.07 Å². The Morgan fingerprint density at radius 1 is 1.25 bits per heavy atom. The summed E-state index contributed by atoms with van der Waals surface area (Å²) in [5, 5.41) is 0. The molecule has 3 heterocycles. The van der Waals surface area contributed by atoms with Gasteiger partial charge in [-0.05, 0) is 26.7 Å². The molecule has 0 bridgehead atoms. The van der Waals surface area contributed by atoms with Crippen LogP contribution in [0.25, 0.3) is 11.2 Å². The fourth-order valence-corrected chi connectivity index (χ4v) is 2.25. The van der Waals surface area contributed by atoms with Crippen molar-refractivity contribution in [2.75, 3.05) is 0 Å². The van der Waals surface area contributed by atoms with Gasteiger partial charge in [0.05, 0.1) is 11.4 Å². The Kier molecular flexibility index (Phi) is 1.87. The van der Waals surface area contributed by atoms with Gasteiger partial charge in [0.2, 0.25) is 5.43 Å². The van der Waals surface area contributed by atoms with Gasteiger partial charge in [-0.3, -0.25) is 4.79 Å². The van der Waals surface area contributed by atoms with Crippen LogP contribution >= 0.6 is 0 Å². The number of fused-ring (bicyclic) bond motifs is 3. The normalized spacial score (nSPS) is 14.4. The molecule has 0 amide bonds. The first-order valence-electron chi connectivity index (χ1n) is 5.54. The maximum absolute atomic E-state index is 11.9. The first-order valence-corrected chi connectivity index (χ1v) is 5.54. The summed E-state index contributed by atoms with van der Waals surface area (Å²) in [6, 6.07) is 1.71. The molecule has 0 N–H and O–H groups in total. The van der Waals surface area contributed by atoms with Crippen molar-refractivity contribution in [1.29, 1.82) is 0 Å². The average molecular weight is 215 g/mol. The van der Waals surface area contributed by atoms with Crippen LogP contribution in [0.2, 0.25) is 0 Å².